The van der Waals surface area contributed by atoms with E-state index in [1.165, 1.54) is 5.56 Å². The molecule has 0 aliphatic rings. The van der Waals surface area contributed by atoms with E-state index in [-0.39, 0.29) is 0 Å². The van der Waals surface area contributed by atoms with Gasteiger partial charge in [-0.05, 0) is 50.7 Å². The number of nitrogens with one attached hydrogen (secondary N) is 2. The van der Waals surface area contributed by atoms with Crippen LogP contribution in [0.1, 0.15) is 23.6 Å². The molecule has 1 aromatic heterocycles. The van der Waals surface area contributed by atoms with Crippen LogP contribution in [0, 0.1) is 13.8 Å². The summed E-state index contributed by atoms with van der Waals surface area (Å²) in [5, 5.41) is 7.87. The zero-order valence-corrected chi connectivity index (χ0v) is 13.2. The van der Waals surface area contributed by atoms with Crippen LogP contribution < -0.4 is 10.7 Å². The van der Waals surface area contributed by atoms with Crippen LogP contribution in [0.2, 0.25) is 0 Å². The minimum atomic E-state index is 0.463. The number of hydrazone groups is 1. The molecule has 2 N–H and O–H groups in total. The van der Waals surface area contributed by atoms with Crippen molar-refractivity contribution in [2.75, 3.05) is 5.32 Å². The quantitative estimate of drug-likeness (QED) is 0.518. The summed E-state index contributed by atoms with van der Waals surface area (Å²) >= 11 is 5.25. The summed E-state index contributed by atoms with van der Waals surface area (Å²) in [6.45, 7) is 6.01. The first-order valence-corrected chi connectivity index (χ1v) is 7.06. The third-order valence-corrected chi connectivity index (χ3v) is 3.23. The van der Waals surface area contributed by atoms with Crippen molar-refractivity contribution in [3.05, 3.63) is 59.4 Å². The van der Waals surface area contributed by atoms with E-state index in [4.69, 9.17) is 12.2 Å². The second kappa shape index (κ2) is 6.95. The Morgan fingerprint density at radius 3 is 2.71 bits per heavy atom. The predicted molar refractivity (Wildman–Crippen MR) is 91.7 cm³/mol. The lowest BCUT2D eigenvalue weighted by Gasteiger charge is -2.11. The zero-order chi connectivity index (χ0) is 15.2. The lowest BCUT2D eigenvalue weighted by molar-refractivity contribution is 1.04. The Labute approximate surface area is 130 Å². The fourth-order valence-electron chi connectivity index (χ4n) is 1.88. The smallest absolute Gasteiger partial charge is 0.191 e. The number of rotatable bonds is 3. The van der Waals surface area contributed by atoms with Gasteiger partial charge in [-0.2, -0.15) is 5.10 Å². The Morgan fingerprint density at radius 1 is 1.24 bits per heavy atom. The molecule has 0 saturated carbocycles. The Kier molecular flexibility index (Phi) is 5.00. The minimum absolute atomic E-state index is 0.463. The van der Waals surface area contributed by atoms with Gasteiger partial charge < -0.3 is 5.32 Å². The Morgan fingerprint density at radius 2 is 2.05 bits per heavy atom. The van der Waals surface area contributed by atoms with Crippen molar-refractivity contribution in [1.29, 1.82) is 0 Å². The zero-order valence-electron chi connectivity index (χ0n) is 12.3. The van der Waals surface area contributed by atoms with Crippen molar-refractivity contribution in [3.8, 4) is 0 Å². The summed E-state index contributed by atoms with van der Waals surface area (Å²) in [5.41, 5.74) is 7.99. The normalized spacial score (nSPS) is 11.1. The van der Waals surface area contributed by atoms with Gasteiger partial charge in [-0.25, -0.2) is 0 Å². The maximum absolute atomic E-state index is 5.25. The summed E-state index contributed by atoms with van der Waals surface area (Å²) in [7, 11) is 0. The van der Waals surface area contributed by atoms with E-state index in [0.29, 0.717) is 5.11 Å². The van der Waals surface area contributed by atoms with Crippen molar-refractivity contribution in [1.82, 2.24) is 10.4 Å². The number of anilines is 1. The molecule has 0 amide bonds. The van der Waals surface area contributed by atoms with Gasteiger partial charge in [-0.3, -0.25) is 10.4 Å². The highest BCUT2D eigenvalue weighted by Crippen LogP contribution is 2.15. The Bertz CT molecular complexity index is 665. The molecule has 0 radical (unpaired) electrons. The molecule has 0 unspecified atom stereocenters. The minimum Gasteiger partial charge on any atom is -0.331 e. The molecule has 1 heterocycles. The van der Waals surface area contributed by atoms with Crippen LogP contribution >= 0.6 is 12.2 Å². The molecule has 0 bridgehead atoms. The monoisotopic (exact) mass is 298 g/mol. The molecule has 0 aliphatic heterocycles. The van der Waals surface area contributed by atoms with Gasteiger partial charge in [0.25, 0.3) is 0 Å². The summed E-state index contributed by atoms with van der Waals surface area (Å²) in [6.07, 6.45) is 3.50. The number of hydrogen-bond donors (Lipinski definition) is 2. The summed E-state index contributed by atoms with van der Waals surface area (Å²) in [5.74, 6) is 0. The number of thiocarbonyl (C=S) groups is 1. The second-order valence-electron chi connectivity index (χ2n) is 4.82. The number of benzene rings is 1. The fourth-order valence-corrected chi connectivity index (χ4v) is 2.04. The number of pyridine rings is 1. The van der Waals surface area contributed by atoms with Crippen LogP contribution in [0.4, 0.5) is 5.69 Å². The van der Waals surface area contributed by atoms with Gasteiger partial charge in [-0.1, -0.05) is 23.8 Å². The maximum Gasteiger partial charge on any atom is 0.191 e. The maximum atomic E-state index is 5.25. The Balaban J connectivity index is 1.99. The van der Waals surface area contributed by atoms with E-state index < -0.39 is 0 Å². The molecule has 21 heavy (non-hydrogen) atoms. The topological polar surface area (TPSA) is 49.3 Å². The molecular weight excluding hydrogens is 280 g/mol. The van der Waals surface area contributed by atoms with Gasteiger partial charge in [0, 0.05) is 23.6 Å². The van der Waals surface area contributed by atoms with Crippen molar-refractivity contribution in [2.45, 2.75) is 20.8 Å². The van der Waals surface area contributed by atoms with E-state index in [1.807, 2.05) is 38.1 Å². The molecule has 0 aliphatic carbocycles. The van der Waals surface area contributed by atoms with Gasteiger partial charge >= 0.3 is 0 Å². The average Bonchev–Trinajstić information content (AvgIpc) is 2.48. The van der Waals surface area contributed by atoms with E-state index in [9.17, 15) is 0 Å². The van der Waals surface area contributed by atoms with Crippen LogP contribution in [-0.2, 0) is 0 Å². The van der Waals surface area contributed by atoms with Gasteiger partial charge in [-0.15, -0.1) is 0 Å². The third kappa shape index (κ3) is 4.36. The van der Waals surface area contributed by atoms with Crippen molar-refractivity contribution >= 4 is 28.7 Å². The lowest BCUT2D eigenvalue weighted by Crippen LogP contribution is -2.25. The average molecular weight is 298 g/mol. The van der Waals surface area contributed by atoms with Crippen molar-refractivity contribution in [2.24, 2.45) is 5.10 Å². The fraction of sp³-hybridized carbons (Fsp3) is 0.188. The van der Waals surface area contributed by atoms with E-state index in [0.717, 1.165) is 22.5 Å². The number of hydrogen-bond acceptors (Lipinski definition) is 3. The molecule has 0 saturated heterocycles. The van der Waals surface area contributed by atoms with E-state index in [2.05, 4.69) is 33.8 Å². The summed E-state index contributed by atoms with van der Waals surface area (Å²) in [6, 6.07) is 9.99. The first-order chi connectivity index (χ1) is 10.1. The van der Waals surface area contributed by atoms with Crippen LogP contribution in [-0.4, -0.2) is 15.8 Å². The molecule has 0 spiro atoms. The highest BCUT2D eigenvalue weighted by molar-refractivity contribution is 7.80. The standard InChI is InChI=1S/C16H18N4S/c1-11-6-7-15(12(2)9-11)18-16(21)20-19-13(3)14-5-4-8-17-10-14/h4-10H,1-3H3,(H2,18,20,21)/b19-13+. The number of nitrogens with zero attached hydrogens (tertiary/aromatic N) is 2. The van der Waals surface area contributed by atoms with Crippen molar-refractivity contribution < 1.29 is 0 Å². The molecule has 0 atom stereocenters. The third-order valence-electron chi connectivity index (χ3n) is 3.03. The molecule has 2 rings (SSSR count). The first kappa shape index (κ1) is 15.1. The van der Waals surface area contributed by atoms with Crippen LogP contribution in [0.15, 0.2) is 47.8 Å². The van der Waals surface area contributed by atoms with Gasteiger partial charge in [0.2, 0.25) is 0 Å². The predicted octanol–water partition coefficient (Wildman–Crippen LogP) is 3.41. The first-order valence-electron chi connectivity index (χ1n) is 6.65. The SMILES string of the molecule is C/C(=N\NC(=S)Nc1ccc(C)cc1C)c1cccnc1. The van der Waals surface area contributed by atoms with Crippen LogP contribution in [0.3, 0.4) is 0 Å². The summed E-state index contributed by atoms with van der Waals surface area (Å²) in [4.78, 5) is 4.06. The molecule has 0 fully saturated rings. The second-order valence-corrected chi connectivity index (χ2v) is 5.23. The number of aromatic nitrogens is 1. The van der Waals surface area contributed by atoms with Crippen LogP contribution in [0.5, 0.6) is 0 Å². The molecular formula is C16H18N4S. The van der Waals surface area contributed by atoms with Crippen LogP contribution in [0.25, 0.3) is 0 Å². The van der Waals surface area contributed by atoms with Crippen molar-refractivity contribution in [3.63, 3.8) is 0 Å². The van der Waals surface area contributed by atoms with Gasteiger partial charge in [0.15, 0.2) is 5.11 Å². The van der Waals surface area contributed by atoms with Gasteiger partial charge in [0.1, 0.15) is 0 Å². The molecule has 1 aromatic carbocycles. The van der Waals surface area contributed by atoms with Gasteiger partial charge in [0.05, 0.1) is 5.71 Å². The molecule has 5 heteroatoms. The van der Waals surface area contributed by atoms with E-state index in [1.54, 1.807) is 12.4 Å². The molecule has 2 aromatic rings. The van der Waals surface area contributed by atoms with E-state index >= 15 is 0 Å². The number of aryl methyl sites for hydroxylation is 2. The molecule has 108 valence electrons. The highest BCUT2D eigenvalue weighted by Gasteiger charge is 2.01. The highest BCUT2D eigenvalue weighted by atomic mass is 32.1. The molecule has 4 nitrogen and oxygen atoms in total. The summed E-state index contributed by atoms with van der Waals surface area (Å²) < 4.78 is 0. The largest absolute Gasteiger partial charge is 0.331 e. The Hall–Kier alpha value is -2.27. The lowest BCUT2D eigenvalue weighted by atomic mass is 10.1.